The average molecular weight is 321 g/mol. The minimum absolute atomic E-state index is 0.433. The third-order valence-electron chi connectivity index (χ3n) is 2.75. The number of hydrogen-bond donors (Lipinski definition) is 1. The fourth-order valence-electron chi connectivity index (χ4n) is 1.82. The van der Waals surface area contributed by atoms with Crippen molar-refractivity contribution in [3.63, 3.8) is 0 Å². The van der Waals surface area contributed by atoms with Crippen molar-refractivity contribution in [3.8, 4) is 6.07 Å². The smallest absolute Gasteiger partial charge is 0.131 e. The Kier molecular flexibility index (Phi) is 3.45. The average Bonchev–Trinajstić information content (AvgIpc) is 2.93. The van der Waals surface area contributed by atoms with E-state index < -0.39 is 0 Å². The predicted octanol–water partition coefficient (Wildman–Crippen LogP) is 4.61. The van der Waals surface area contributed by atoms with Crippen LogP contribution in [0.25, 0.3) is 11.0 Å². The van der Waals surface area contributed by atoms with Gasteiger partial charge in [0.2, 0.25) is 0 Å². The Balaban J connectivity index is 2.16. The van der Waals surface area contributed by atoms with Crippen LogP contribution in [0.5, 0.6) is 0 Å². The zero-order valence-electron chi connectivity index (χ0n) is 9.89. The van der Waals surface area contributed by atoms with Gasteiger partial charge in [-0.1, -0.05) is 35.3 Å². The molecule has 7 heteroatoms. The van der Waals surface area contributed by atoms with Crippen molar-refractivity contribution >= 4 is 57.3 Å². The lowest BCUT2D eigenvalue weighted by Gasteiger charge is -2.10. The third-order valence-corrected chi connectivity index (χ3v) is 3.87. The Morgan fingerprint density at radius 1 is 1.10 bits per heavy atom. The Labute approximate surface area is 128 Å². The summed E-state index contributed by atoms with van der Waals surface area (Å²) in [5, 5.41) is 13.1. The fraction of sp³-hybridized carbons (Fsp3) is 0. The third kappa shape index (κ3) is 2.18. The molecule has 0 bridgehead atoms. The second kappa shape index (κ2) is 5.25. The van der Waals surface area contributed by atoms with E-state index >= 15 is 0 Å². The van der Waals surface area contributed by atoms with Crippen LogP contribution in [-0.2, 0) is 0 Å². The Hall–Kier alpha value is -1.87. The van der Waals surface area contributed by atoms with E-state index in [4.69, 9.17) is 28.5 Å². The summed E-state index contributed by atoms with van der Waals surface area (Å²) in [7, 11) is 0. The monoisotopic (exact) mass is 320 g/mol. The first-order chi connectivity index (χ1) is 9.70. The van der Waals surface area contributed by atoms with E-state index in [9.17, 15) is 0 Å². The second-order valence-electron chi connectivity index (χ2n) is 3.96. The number of aromatic nitrogens is 2. The molecule has 0 saturated heterocycles. The van der Waals surface area contributed by atoms with Crippen molar-refractivity contribution in [1.82, 2.24) is 8.75 Å². The van der Waals surface area contributed by atoms with Crippen LogP contribution in [0.3, 0.4) is 0 Å². The molecule has 0 fully saturated rings. The van der Waals surface area contributed by atoms with Gasteiger partial charge in [-0.15, -0.1) is 0 Å². The number of para-hydroxylation sites is 1. The van der Waals surface area contributed by atoms with Gasteiger partial charge in [0.05, 0.1) is 38.7 Å². The van der Waals surface area contributed by atoms with Gasteiger partial charge in [0, 0.05) is 0 Å². The van der Waals surface area contributed by atoms with Gasteiger partial charge >= 0.3 is 0 Å². The number of nitriles is 1. The molecule has 3 aromatic rings. The molecule has 20 heavy (non-hydrogen) atoms. The topological polar surface area (TPSA) is 61.6 Å². The lowest BCUT2D eigenvalue weighted by atomic mass is 10.2. The van der Waals surface area contributed by atoms with Gasteiger partial charge in [0.25, 0.3) is 0 Å². The van der Waals surface area contributed by atoms with E-state index in [1.54, 1.807) is 24.3 Å². The van der Waals surface area contributed by atoms with Gasteiger partial charge in [-0.3, -0.25) is 0 Å². The van der Waals surface area contributed by atoms with E-state index in [1.807, 2.05) is 6.07 Å². The molecule has 0 unspecified atom stereocenters. The highest BCUT2D eigenvalue weighted by Crippen LogP contribution is 2.37. The minimum Gasteiger partial charge on any atom is -0.351 e. The summed E-state index contributed by atoms with van der Waals surface area (Å²) in [4.78, 5) is 0. The molecular weight excluding hydrogens is 315 g/mol. The van der Waals surface area contributed by atoms with Crippen LogP contribution in [0.15, 0.2) is 30.3 Å². The summed E-state index contributed by atoms with van der Waals surface area (Å²) in [6.45, 7) is 0. The molecule has 1 N–H and O–H groups in total. The van der Waals surface area contributed by atoms with Crippen LogP contribution in [0.2, 0.25) is 10.0 Å². The van der Waals surface area contributed by atoms with Crippen LogP contribution in [0, 0.1) is 11.3 Å². The minimum atomic E-state index is 0.433. The lowest BCUT2D eigenvalue weighted by Crippen LogP contribution is -1.95. The zero-order valence-corrected chi connectivity index (χ0v) is 12.2. The molecule has 3 rings (SSSR count). The molecule has 0 atom stereocenters. The van der Waals surface area contributed by atoms with Crippen LogP contribution >= 0.6 is 34.9 Å². The first-order valence-electron chi connectivity index (χ1n) is 5.57. The largest absolute Gasteiger partial charge is 0.351 e. The van der Waals surface area contributed by atoms with E-state index in [0.717, 1.165) is 11.7 Å². The van der Waals surface area contributed by atoms with Crippen LogP contribution in [0.1, 0.15) is 5.56 Å². The van der Waals surface area contributed by atoms with E-state index in [1.165, 1.54) is 0 Å². The highest BCUT2D eigenvalue weighted by Gasteiger charge is 2.15. The Morgan fingerprint density at radius 2 is 1.85 bits per heavy atom. The van der Waals surface area contributed by atoms with Crippen LogP contribution in [-0.4, -0.2) is 8.75 Å². The highest BCUT2D eigenvalue weighted by molar-refractivity contribution is 7.00. The molecule has 98 valence electrons. The van der Waals surface area contributed by atoms with E-state index in [2.05, 4.69) is 20.1 Å². The maximum Gasteiger partial charge on any atom is 0.131 e. The predicted molar refractivity (Wildman–Crippen MR) is 81.9 cm³/mol. The van der Waals surface area contributed by atoms with Crippen molar-refractivity contribution in [3.05, 3.63) is 45.9 Å². The normalized spacial score (nSPS) is 10.4. The first kappa shape index (κ1) is 13.1. The van der Waals surface area contributed by atoms with Gasteiger partial charge in [0.15, 0.2) is 0 Å². The van der Waals surface area contributed by atoms with Crippen molar-refractivity contribution in [1.29, 1.82) is 5.26 Å². The number of rotatable bonds is 2. The number of anilines is 2. The van der Waals surface area contributed by atoms with Crippen LogP contribution in [0.4, 0.5) is 11.4 Å². The molecule has 0 amide bonds. The highest BCUT2D eigenvalue weighted by atomic mass is 35.5. The van der Waals surface area contributed by atoms with Gasteiger partial charge in [-0.2, -0.15) is 14.0 Å². The molecule has 1 aromatic heterocycles. The molecule has 2 aromatic carbocycles. The van der Waals surface area contributed by atoms with E-state index in [-0.39, 0.29) is 0 Å². The zero-order chi connectivity index (χ0) is 14.1. The van der Waals surface area contributed by atoms with Gasteiger partial charge in [0.1, 0.15) is 17.1 Å². The first-order valence-corrected chi connectivity index (χ1v) is 7.05. The van der Waals surface area contributed by atoms with Gasteiger partial charge < -0.3 is 5.32 Å². The summed E-state index contributed by atoms with van der Waals surface area (Å²) < 4.78 is 8.35. The van der Waals surface area contributed by atoms with Crippen molar-refractivity contribution in [2.75, 3.05) is 5.32 Å². The molecule has 0 aliphatic carbocycles. The molecular formula is C13H6Cl2N4S. The Bertz CT molecular complexity index is 838. The molecule has 0 spiro atoms. The standard InChI is InChI=1S/C13H6Cl2N4S/c14-8-5-9(15)12-13(19-20-18-12)11(8)17-10-4-2-1-3-7(10)6-16/h1-5,17H. The molecule has 0 aliphatic rings. The Morgan fingerprint density at radius 3 is 2.65 bits per heavy atom. The fourth-order valence-corrected chi connectivity index (χ4v) is 2.98. The summed E-state index contributed by atoms with van der Waals surface area (Å²) in [5.74, 6) is 0. The number of fused-ring (bicyclic) bond motifs is 1. The number of nitrogens with one attached hydrogen (secondary N) is 1. The van der Waals surface area contributed by atoms with Crippen LogP contribution < -0.4 is 5.32 Å². The summed E-state index contributed by atoms with van der Waals surface area (Å²) in [6, 6.07) is 10.9. The molecule has 0 radical (unpaired) electrons. The molecule has 0 aliphatic heterocycles. The van der Waals surface area contributed by atoms with Crippen molar-refractivity contribution in [2.24, 2.45) is 0 Å². The number of nitrogens with zero attached hydrogens (tertiary/aromatic N) is 3. The summed E-state index contributed by atoms with van der Waals surface area (Å²) in [6.07, 6.45) is 0. The molecule has 1 heterocycles. The van der Waals surface area contributed by atoms with Crippen molar-refractivity contribution < 1.29 is 0 Å². The molecule has 4 nitrogen and oxygen atoms in total. The number of hydrogen-bond acceptors (Lipinski definition) is 5. The molecule has 0 saturated carbocycles. The maximum atomic E-state index is 9.11. The van der Waals surface area contributed by atoms with Crippen molar-refractivity contribution in [2.45, 2.75) is 0 Å². The van der Waals surface area contributed by atoms with Gasteiger partial charge in [-0.05, 0) is 18.2 Å². The number of halogens is 2. The summed E-state index contributed by atoms with van der Waals surface area (Å²) >= 11 is 13.4. The second-order valence-corrected chi connectivity index (χ2v) is 5.30. The van der Waals surface area contributed by atoms with Gasteiger partial charge in [-0.25, -0.2) is 0 Å². The van der Waals surface area contributed by atoms with E-state index in [0.29, 0.717) is 38.0 Å². The lowest BCUT2D eigenvalue weighted by molar-refractivity contribution is 1.46. The quantitative estimate of drug-likeness (QED) is 0.748. The maximum absolute atomic E-state index is 9.11. The summed E-state index contributed by atoms with van der Waals surface area (Å²) in [5.41, 5.74) is 2.98. The SMILES string of the molecule is N#Cc1ccccc1Nc1c(Cl)cc(Cl)c2nsnc12. The number of benzene rings is 2.